The van der Waals surface area contributed by atoms with E-state index in [1.165, 1.54) is 12.1 Å². The van der Waals surface area contributed by atoms with Crippen LogP contribution >= 0.6 is 0 Å². The summed E-state index contributed by atoms with van der Waals surface area (Å²) in [6.07, 6.45) is 0. The molecule has 21 heavy (non-hydrogen) atoms. The first-order chi connectivity index (χ1) is 10.1. The fourth-order valence-electron chi connectivity index (χ4n) is 2.34. The molecule has 0 aliphatic rings. The van der Waals surface area contributed by atoms with Gasteiger partial charge in [0.1, 0.15) is 11.5 Å². The molecule has 3 nitrogen and oxygen atoms in total. The Labute approximate surface area is 121 Å². The first kappa shape index (κ1) is 13.4. The van der Waals surface area contributed by atoms with Gasteiger partial charge in [0, 0.05) is 10.9 Å². The van der Waals surface area contributed by atoms with Crippen molar-refractivity contribution in [1.82, 2.24) is 10.3 Å². The summed E-state index contributed by atoms with van der Waals surface area (Å²) in [6, 6.07) is 15.9. The van der Waals surface area contributed by atoms with Gasteiger partial charge in [-0.25, -0.2) is 4.39 Å². The van der Waals surface area contributed by atoms with Crippen LogP contribution in [0.5, 0.6) is 0 Å². The predicted molar refractivity (Wildman–Crippen MR) is 80.6 cm³/mol. The van der Waals surface area contributed by atoms with Crippen LogP contribution in [-0.4, -0.2) is 10.9 Å². The number of aromatic amines is 1. The van der Waals surface area contributed by atoms with Crippen LogP contribution in [0.25, 0.3) is 10.9 Å². The maximum atomic E-state index is 13.6. The molecule has 1 aromatic heterocycles. The molecule has 3 aromatic rings. The van der Waals surface area contributed by atoms with E-state index in [4.69, 9.17) is 0 Å². The smallest absolute Gasteiger partial charge is 0.268 e. The van der Waals surface area contributed by atoms with Gasteiger partial charge in [-0.1, -0.05) is 36.4 Å². The predicted octanol–water partition coefficient (Wildman–Crippen LogP) is 3.80. The Morgan fingerprint density at radius 2 is 1.90 bits per heavy atom. The van der Waals surface area contributed by atoms with Gasteiger partial charge in [0.25, 0.3) is 5.91 Å². The standard InChI is InChI=1S/C17H15FN2O/c1-11(12-6-3-2-4-7-12)19-17(21)16-10-13-14(18)8-5-9-15(13)20-16/h2-11,20H,1H3,(H,19,21)/t11-/m1/s1. The second-order valence-corrected chi connectivity index (χ2v) is 4.99. The SMILES string of the molecule is C[C@@H](NC(=O)c1cc2c(F)cccc2[nH]1)c1ccccc1. The minimum Gasteiger partial charge on any atom is -0.350 e. The number of nitrogens with one attached hydrogen (secondary N) is 2. The van der Waals surface area contributed by atoms with Crippen molar-refractivity contribution < 1.29 is 9.18 Å². The molecule has 0 saturated carbocycles. The highest BCUT2D eigenvalue weighted by Crippen LogP contribution is 2.19. The third-order valence-corrected chi connectivity index (χ3v) is 3.50. The number of carbonyl (C=O) groups excluding carboxylic acids is 1. The molecule has 3 rings (SSSR count). The Bertz CT molecular complexity index is 780. The summed E-state index contributed by atoms with van der Waals surface area (Å²) in [5, 5.41) is 3.33. The molecule has 1 amide bonds. The lowest BCUT2D eigenvalue weighted by atomic mass is 10.1. The van der Waals surface area contributed by atoms with Gasteiger partial charge >= 0.3 is 0 Å². The number of rotatable bonds is 3. The summed E-state index contributed by atoms with van der Waals surface area (Å²) in [7, 11) is 0. The first-order valence-corrected chi connectivity index (χ1v) is 6.78. The molecule has 2 aromatic carbocycles. The number of benzene rings is 2. The topological polar surface area (TPSA) is 44.9 Å². The number of fused-ring (bicyclic) bond motifs is 1. The molecule has 0 aliphatic heterocycles. The van der Waals surface area contributed by atoms with Gasteiger partial charge in [0.05, 0.1) is 6.04 Å². The number of hydrogen-bond donors (Lipinski definition) is 2. The zero-order valence-corrected chi connectivity index (χ0v) is 11.6. The molecule has 0 spiro atoms. The Morgan fingerprint density at radius 3 is 2.62 bits per heavy atom. The van der Waals surface area contributed by atoms with E-state index in [1.54, 1.807) is 12.1 Å². The lowest BCUT2D eigenvalue weighted by molar-refractivity contribution is 0.0935. The van der Waals surface area contributed by atoms with Crippen molar-refractivity contribution in [2.24, 2.45) is 0 Å². The molecule has 1 atom stereocenters. The minimum atomic E-state index is -0.334. The number of halogens is 1. The van der Waals surface area contributed by atoms with Gasteiger partial charge in [-0.3, -0.25) is 4.79 Å². The number of amides is 1. The highest BCUT2D eigenvalue weighted by Gasteiger charge is 2.14. The highest BCUT2D eigenvalue weighted by atomic mass is 19.1. The van der Waals surface area contributed by atoms with Crippen molar-refractivity contribution in [3.63, 3.8) is 0 Å². The van der Waals surface area contributed by atoms with Gasteiger partial charge in [-0.2, -0.15) is 0 Å². The van der Waals surface area contributed by atoms with Gasteiger partial charge in [0.15, 0.2) is 0 Å². The van der Waals surface area contributed by atoms with Gasteiger partial charge in [-0.15, -0.1) is 0 Å². The molecule has 1 heterocycles. The number of carbonyl (C=O) groups is 1. The third kappa shape index (κ3) is 2.65. The molecular formula is C17H15FN2O. The van der Waals surface area contributed by atoms with Crippen molar-refractivity contribution in [3.8, 4) is 0 Å². The van der Waals surface area contributed by atoms with Crippen LogP contribution in [0, 0.1) is 5.82 Å². The molecule has 106 valence electrons. The van der Waals surface area contributed by atoms with Crippen molar-refractivity contribution in [1.29, 1.82) is 0 Å². The van der Waals surface area contributed by atoms with E-state index in [0.717, 1.165) is 5.56 Å². The Kier molecular flexibility index (Phi) is 3.44. The Balaban J connectivity index is 1.82. The summed E-state index contributed by atoms with van der Waals surface area (Å²) in [5.74, 6) is -0.583. The van der Waals surface area contributed by atoms with Crippen molar-refractivity contribution in [2.75, 3.05) is 0 Å². The summed E-state index contributed by atoms with van der Waals surface area (Å²) in [4.78, 5) is 15.2. The molecule has 0 radical (unpaired) electrons. The van der Waals surface area contributed by atoms with E-state index in [-0.39, 0.29) is 17.8 Å². The fraction of sp³-hybridized carbons (Fsp3) is 0.118. The van der Waals surface area contributed by atoms with E-state index in [1.807, 2.05) is 37.3 Å². The summed E-state index contributed by atoms with van der Waals surface area (Å²) in [5.41, 5.74) is 2.00. The zero-order chi connectivity index (χ0) is 14.8. The van der Waals surface area contributed by atoms with E-state index in [0.29, 0.717) is 16.6 Å². The van der Waals surface area contributed by atoms with E-state index in [9.17, 15) is 9.18 Å². The molecule has 0 aliphatic carbocycles. The molecule has 0 bridgehead atoms. The monoisotopic (exact) mass is 282 g/mol. The van der Waals surface area contributed by atoms with Crippen molar-refractivity contribution >= 4 is 16.8 Å². The fourth-order valence-corrected chi connectivity index (χ4v) is 2.34. The minimum absolute atomic E-state index is 0.116. The number of aromatic nitrogens is 1. The summed E-state index contributed by atoms with van der Waals surface area (Å²) >= 11 is 0. The van der Waals surface area contributed by atoms with Crippen LogP contribution in [0.2, 0.25) is 0 Å². The van der Waals surface area contributed by atoms with E-state index in [2.05, 4.69) is 10.3 Å². The lowest BCUT2D eigenvalue weighted by Gasteiger charge is -2.13. The average Bonchev–Trinajstić information content (AvgIpc) is 2.94. The third-order valence-electron chi connectivity index (χ3n) is 3.50. The molecular weight excluding hydrogens is 267 g/mol. The maximum absolute atomic E-state index is 13.6. The zero-order valence-electron chi connectivity index (χ0n) is 11.6. The molecule has 0 saturated heterocycles. The van der Waals surface area contributed by atoms with Crippen molar-refractivity contribution in [3.05, 3.63) is 71.7 Å². The second-order valence-electron chi connectivity index (χ2n) is 4.99. The lowest BCUT2D eigenvalue weighted by Crippen LogP contribution is -2.26. The average molecular weight is 282 g/mol. The summed E-state index contributed by atoms with van der Waals surface area (Å²) in [6.45, 7) is 1.91. The number of H-pyrrole nitrogens is 1. The highest BCUT2D eigenvalue weighted by molar-refractivity contribution is 5.98. The van der Waals surface area contributed by atoms with Crippen LogP contribution in [0.3, 0.4) is 0 Å². The van der Waals surface area contributed by atoms with Crippen LogP contribution in [0.15, 0.2) is 54.6 Å². The van der Waals surface area contributed by atoms with Crippen LogP contribution < -0.4 is 5.32 Å². The Hall–Kier alpha value is -2.62. The van der Waals surface area contributed by atoms with Gasteiger partial charge in [-0.05, 0) is 30.7 Å². The van der Waals surface area contributed by atoms with Crippen LogP contribution in [0.1, 0.15) is 29.0 Å². The van der Waals surface area contributed by atoms with Crippen LogP contribution in [0.4, 0.5) is 4.39 Å². The molecule has 0 unspecified atom stereocenters. The normalized spacial score (nSPS) is 12.3. The van der Waals surface area contributed by atoms with Crippen LogP contribution in [-0.2, 0) is 0 Å². The van der Waals surface area contributed by atoms with E-state index < -0.39 is 0 Å². The van der Waals surface area contributed by atoms with E-state index >= 15 is 0 Å². The van der Waals surface area contributed by atoms with Gasteiger partial charge in [0.2, 0.25) is 0 Å². The molecule has 4 heteroatoms. The number of hydrogen-bond acceptors (Lipinski definition) is 1. The molecule has 2 N–H and O–H groups in total. The maximum Gasteiger partial charge on any atom is 0.268 e. The van der Waals surface area contributed by atoms with Gasteiger partial charge < -0.3 is 10.3 Å². The Morgan fingerprint density at radius 1 is 1.14 bits per heavy atom. The van der Waals surface area contributed by atoms with Crippen molar-refractivity contribution in [2.45, 2.75) is 13.0 Å². The molecule has 0 fully saturated rings. The summed E-state index contributed by atoms with van der Waals surface area (Å²) < 4.78 is 13.6. The largest absolute Gasteiger partial charge is 0.350 e. The quantitative estimate of drug-likeness (QED) is 0.754. The first-order valence-electron chi connectivity index (χ1n) is 6.78. The second kappa shape index (κ2) is 5.40.